The van der Waals surface area contributed by atoms with Gasteiger partial charge in [0, 0.05) is 0 Å². The molecule has 0 saturated heterocycles. The van der Waals surface area contributed by atoms with Crippen LogP contribution in [0.3, 0.4) is 0 Å². The summed E-state index contributed by atoms with van der Waals surface area (Å²) in [6, 6.07) is 0. The standard InChI is InChI=1S/C27H59N2O4P/c1-5-6-7-8-9-10-11-12-13-14-15-16-17-18-19-20-23-28-24-21-22-26-32-34(30,31)33-27-25-29(2,3)4/h28H,5-27H2,1-4H3. The molecule has 0 rings (SSSR count). The van der Waals surface area contributed by atoms with E-state index in [0.717, 1.165) is 25.9 Å². The van der Waals surface area contributed by atoms with Crippen molar-refractivity contribution in [2.75, 3.05) is 54.0 Å². The second-order valence-corrected chi connectivity index (χ2v) is 12.3. The fraction of sp³-hybridized carbons (Fsp3) is 1.00. The number of phosphoric acid groups is 1. The topological polar surface area (TPSA) is 70.6 Å². The minimum Gasteiger partial charge on any atom is -0.756 e. The van der Waals surface area contributed by atoms with Crippen LogP contribution in [0, 0.1) is 0 Å². The molecule has 7 heteroatoms. The number of hydrogen-bond acceptors (Lipinski definition) is 5. The second kappa shape index (κ2) is 23.4. The fourth-order valence-corrected chi connectivity index (χ4v) is 4.65. The maximum atomic E-state index is 11.7. The summed E-state index contributed by atoms with van der Waals surface area (Å²) in [5, 5.41) is 3.45. The zero-order chi connectivity index (χ0) is 25.4. The van der Waals surface area contributed by atoms with Crippen LogP contribution >= 0.6 is 7.82 Å². The molecular formula is C27H59N2O4P. The number of nitrogens with zero attached hydrogens (tertiary/aromatic N) is 1. The summed E-state index contributed by atoms with van der Waals surface area (Å²) in [5.74, 6) is 0. The van der Waals surface area contributed by atoms with Crippen LogP contribution in [0.15, 0.2) is 0 Å². The summed E-state index contributed by atoms with van der Waals surface area (Å²) >= 11 is 0. The average molecular weight is 507 g/mol. The minimum absolute atomic E-state index is 0.158. The maximum absolute atomic E-state index is 11.7. The average Bonchev–Trinajstić information content (AvgIpc) is 2.76. The van der Waals surface area contributed by atoms with Gasteiger partial charge in [0.05, 0.1) is 27.7 Å². The van der Waals surface area contributed by atoms with Crippen molar-refractivity contribution in [3.63, 3.8) is 0 Å². The Hall–Kier alpha value is 0.0300. The van der Waals surface area contributed by atoms with Gasteiger partial charge >= 0.3 is 0 Å². The first kappa shape index (κ1) is 34.0. The molecule has 0 aliphatic carbocycles. The predicted octanol–water partition coefficient (Wildman–Crippen LogP) is 6.83. The molecule has 1 atom stereocenters. The Bertz CT molecular complexity index is 472. The fourth-order valence-electron chi connectivity index (χ4n) is 3.92. The van der Waals surface area contributed by atoms with E-state index in [1.54, 1.807) is 0 Å². The van der Waals surface area contributed by atoms with Crippen molar-refractivity contribution in [2.45, 2.75) is 122 Å². The molecule has 0 bridgehead atoms. The zero-order valence-corrected chi connectivity index (χ0v) is 24.2. The lowest BCUT2D eigenvalue weighted by molar-refractivity contribution is -0.870. The van der Waals surface area contributed by atoms with E-state index in [4.69, 9.17) is 9.05 Å². The van der Waals surface area contributed by atoms with Crippen LogP contribution in [-0.2, 0) is 13.6 Å². The Kier molecular flexibility index (Phi) is 23.5. The highest BCUT2D eigenvalue weighted by atomic mass is 31.2. The van der Waals surface area contributed by atoms with E-state index in [0.29, 0.717) is 11.0 Å². The lowest BCUT2D eigenvalue weighted by Crippen LogP contribution is -2.37. The molecule has 1 unspecified atom stereocenters. The summed E-state index contributed by atoms with van der Waals surface area (Å²) < 4.78 is 22.2. The van der Waals surface area contributed by atoms with Gasteiger partial charge in [0.25, 0.3) is 7.82 Å². The predicted molar refractivity (Wildman–Crippen MR) is 144 cm³/mol. The van der Waals surface area contributed by atoms with Crippen LogP contribution in [0.1, 0.15) is 122 Å². The number of nitrogens with one attached hydrogen (secondary N) is 1. The molecule has 0 spiro atoms. The van der Waals surface area contributed by atoms with Crippen molar-refractivity contribution in [3.05, 3.63) is 0 Å². The molecule has 0 aromatic carbocycles. The van der Waals surface area contributed by atoms with Gasteiger partial charge in [0.2, 0.25) is 0 Å². The van der Waals surface area contributed by atoms with Gasteiger partial charge in [-0.2, -0.15) is 0 Å². The number of phosphoric ester groups is 1. The molecule has 0 saturated carbocycles. The first-order chi connectivity index (χ1) is 16.3. The zero-order valence-electron chi connectivity index (χ0n) is 23.3. The van der Waals surface area contributed by atoms with Crippen LogP contribution in [0.25, 0.3) is 0 Å². The first-order valence-corrected chi connectivity index (χ1v) is 15.8. The summed E-state index contributed by atoms with van der Waals surface area (Å²) in [5.41, 5.74) is 0. The third kappa shape index (κ3) is 28.3. The van der Waals surface area contributed by atoms with Gasteiger partial charge in [-0.15, -0.1) is 0 Å². The van der Waals surface area contributed by atoms with Gasteiger partial charge in [-0.25, -0.2) is 0 Å². The number of likely N-dealkylation sites (N-methyl/N-ethyl adjacent to an activating group) is 1. The van der Waals surface area contributed by atoms with Gasteiger partial charge < -0.3 is 23.7 Å². The second-order valence-electron chi connectivity index (χ2n) is 10.9. The molecule has 1 N–H and O–H groups in total. The highest BCUT2D eigenvalue weighted by molar-refractivity contribution is 7.45. The number of rotatable bonds is 27. The van der Waals surface area contributed by atoms with E-state index in [1.807, 2.05) is 21.1 Å². The molecule has 6 nitrogen and oxygen atoms in total. The van der Waals surface area contributed by atoms with Crippen LogP contribution in [0.2, 0.25) is 0 Å². The Balaban J connectivity index is 3.22. The number of hydrogen-bond donors (Lipinski definition) is 1. The van der Waals surface area contributed by atoms with E-state index < -0.39 is 7.82 Å². The van der Waals surface area contributed by atoms with E-state index >= 15 is 0 Å². The van der Waals surface area contributed by atoms with Gasteiger partial charge in [0.1, 0.15) is 13.2 Å². The molecule has 34 heavy (non-hydrogen) atoms. The molecular weight excluding hydrogens is 447 g/mol. The van der Waals surface area contributed by atoms with E-state index in [9.17, 15) is 9.46 Å². The lowest BCUT2D eigenvalue weighted by Gasteiger charge is -2.27. The van der Waals surface area contributed by atoms with Crippen molar-refractivity contribution in [1.82, 2.24) is 5.32 Å². The van der Waals surface area contributed by atoms with E-state index in [1.165, 1.54) is 103 Å². The van der Waals surface area contributed by atoms with Crippen LogP contribution < -0.4 is 10.2 Å². The van der Waals surface area contributed by atoms with Crippen molar-refractivity contribution < 1.29 is 23.0 Å². The normalized spacial score (nSPS) is 13.9. The highest BCUT2D eigenvalue weighted by Gasteiger charge is 2.12. The van der Waals surface area contributed by atoms with Crippen molar-refractivity contribution in [3.8, 4) is 0 Å². The Labute approximate surface area is 212 Å². The molecule has 0 fully saturated rings. The lowest BCUT2D eigenvalue weighted by atomic mass is 10.0. The first-order valence-electron chi connectivity index (χ1n) is 14.4. The van der Waals surface area contributed by atoms with Gasteiger partial charge in [-0.1, -0.05) is 103 Å². The van der Waals surface area contributed by atoms with Crippen molar-refractivity contribution in [2.24, 2.45) is 0 Å². The van der Waals surface area contributed by atoms with Crippen LogP contribution in [0.4, 0.5) is 0 Å². The molecule has 0 radical (unpaired) electrons. The highest BCUT2D eigenvalue weighted by Crippen LogP contribution is 2.38. The molecule has 0 amide bonds. The quantitative estimate of drug-likeness (QED) is 0.0751. The van der Waals surface area contributed by atoms with Gasteiger partial charge in [0.15, 0.2) is 0 Å². The molecule has 0 aliphatic rings. The third-order valence-corrected chi connectivity index (χ3v) is 7.21. The Morgan fingerprint density at radius 2 is 1.00 bits per heavy atom. The van der Waals surface area contributed by atoms with Crippen LogP contribution in [-0.4, -0.2) is 58.5 Å². The molecule has 0 aromatic heterocycles. The third-order valence-electron chi connectivity index (χ3n) is 6.22. The molecule has 0 aliphatic heterocycles. The molecule has 0 heterocycles. The SMILES string of the molecule is CCCCCCCCCCCCCCCCCCNCCCCOP(=O)([O-])OCC[N+](C)(C)C. The Morgan fingerprint density at radius 1 is 0.618 bits per heavy atom. The smallest absolute Gasteiger partial charge is 0.268 e. The number of unbranched alkanes of at least 4 members (excludes halogenated alkanes) is 16. The number of quaternary nitrogens is 1. The van der Waals surface area contributed by atoms with Crippen molar-refractivity contribution >= 4 is 7.82 Å². The van der Waals surface area contributed by atoms with Gasteiger partial charge in [-0.3, -0.25) is 4.57 Å². The molecule has 0 aromatic rings. The summed E-state index contributed by atoms with van der Waals surface area (Å²) in [6.45, 7) is 5.22. The van der Waals surface area contributed by atoms with Gasteiger partial charge in [-0.05, 0) is 32.4 Å². The summed E-state index contributed by atoms with van der Waals surface area (Å²) in [7, 11) is 1.82. The Morgan fingerprint density at radius 3 is 1.44 bits per heavy atom. The van der Waals surface area contributed by atoms with E-state index in [2.05, 4.69) is 12.2 Å². The minimum atomic E-state index is -4.16. The summed E-state index contributed by atoms with van der Waals surface area (Å²) in [6.07, 6.45) is 24.0. The summed E-state index contributed by atoms with van der Waals surface area (Å²) in [4.78, 5) is 11.7. The largest absolute Gasteiger partial charge is 0.756 e. The maximum Gasteiger partial charge on any atom is 0.268 e. The van der Waals surface area contributed by atoms with Crippen molar-refractivity contribution in [1.29, 1.82) is 0 Å². The van der Waals surface area contributed by atoms with E-state index in [-0.39, 0.29) is 13.2 Å². The monoisotopic (exact) mass is 506 g/mol. The molecule has 206 valence electrons. The van der Waals surface area contributed by atoms with Crippen LogP contribution in [0.5, 0.6) is 0 Å².